The van der Waals surface area contributed by atoms with E-state index in [1.165, 1.54) is 0 Å². The van der Waals surface area contributed by atoms with Crippen molar-refractivity contribution in [1.82, 2.24) is 0 Å². The third kappa shape index (κ3) is 4.05. The van der Waals surface area contributed by atoms with E-state index < -0.39 is 22.1 Å². The van der Waals surface area contributed by atoms with Crippen LogP contribution in [0.1, 0.15) is 6.92 Å². The van der Waals surface area contributed by atoms with Crippen molar-refractivity contribution in [1.29, 1.82) is 0 Å². The smallest absolute Gasteiger partial charge is 0.272 e. The van der Waals surface area contributed by atoms with Gasteiger partial charge in [0.2, 0.25) is 0 Å². The van der Waals surface area contributed by atoms with E-state index in [2.05, 4.69) is 0 Å². The summed E-state index contributed by atoms with van der Waals surface area (Å²) >= 11 is -4.44. The molecule has 0 saturated carbocycles. The number of halogens is 3. The standard InChI is InChI=1S/C4H7F3OS2/c1-2-9-3-4(8)10(5,6)7/h2-3H2,1H3. The van der Waals surface area contributed by atoms with Crippen molar-refractivity contribution in [3.05, 3.63) is 0 Å². The average Bonchev–Trinajstić information content (AvgIpc) is 1.80. The van der Waals surface area contributed by atoms with Gasteiger partial charge in [-0.3, -0.25) is 4.79 Å². The van der Waals surface area contributed by atoms with Crippen LogP contribution in [0.5, 0.6) is 0 Å². The molecular formula is C4H7F3OS2. The number of thioether (sulfide) groups is 1. The van der Waals surface area contributed by atoms with Crippen LogP contribution < -0.4 is 0 Å². The molecule has 0 aliphatic heterocycles. The lowest BCUT2D eigenvalue weighted by atomic mass is 10.9. The Bertz CT molecular complexity index is 122. The molecule has 0 aromatic heterocycles. The van der Waals surface area contributed by atoms with E-state index in [4.69, 9.17) is 0 Å². The molecule has 10 heavy (non-hydrogen) atoms. The molecule has 0 radical (unpaired) electrons. The summed E-state index contributed by atoms with van der Waals surface area (Å²) in [5, 5.41) is -1.57. The summed E-state index contributed by atoms with van der Waals surface area (Å²) in [4.78, 5) is 10.1. The van der Waals surface area contributed by atoms with Gasteiger partial charge in [-0.2, -0.15) is 11.8 Å². The van der Waals surface area contributed by atoms with E-state index in [0.717, 1.165) is 11.8 Å². The van der Waals surface area contributed by atoms with Gasteiger partial charge in [-0.15, -0.1) is 11.7 Å². The van der Waals surface area contributed by atoms with Crippen LogP contribution in [0.4, 0.5) is 11.7 Å². The Morgan fingerprint density at radius 2 is 2.00 bits per heavy atom. The molecule has 0 N–H and O–H groups in total. The van der Waals surface area contributed by atoms with E-state index in [1.54, 1.807) is 6.92 Å². The number of hydrogen-bond acceptors (Lipinski definition) is 2. The molecule has 0 bridgehead atoms. The third-order valence-corrected chi connectivity index (χ3v) is 2.40. The molecule has 0 amide bonds. The zero-order valence-electron chi connectivity index (χ0n) is 5.27. The highest BCUT2D eigenvalue weighted by Gasteiger charge is 2.31. The molecule has 0 heterocycles. The van der Waals surface area contributed by atoms with E-state index in [1.807, 2.05) is 0 Å². The predicted octanol–water partition coefficient (Wildman–Crippen LogP) is 2.72. The molecule has 0 fully saturated rings. The fraction of sp³-hybridized carbons (Fsp3) is 0.750. The Balaban J connectivity index is 3.64. The molecule has 0 aromatic rings. The first-order valence-electron chi connectivity index (χ1n) is 2.51. The van der Waals surface area contributed by atoms with Gasteiger partial charge in [0, 0.05) is 0 Å². The third-order valence-electron chi connectivity index (χ3n) is 0.682. The molecule has 1 nitrogen and oxygen atoms in total. The molecule has 0 rings (SSSR count). The highest BCUT2D eigenvalue weighted by Crippen LogP contribution is 2.54. The van der Waals surface area contributed by atoms with Gasteiger partial charge in [0.1, 0.15) is 0 Å². The summed E-state index contributed by atoms with van der Waals surface area (Å²) in [6.07, 6.45) is 0. The van der Waals surface area contributed by atoms with Gasteiger partial charge in [-0.25, -0.2) is 0 Å². The van der Waals surface area contributed by atoms with Crippen LogP contribution in [0.3, 0.4) is 0 Å². The molecule has 0 aromatic carbocycles. The van der Waals surface area contributed by atoms with Crippen LogP contribution in [-0.2, 0) is 4.79 Å². The van der Waals surface area contributed by atoms with Crippen LogP contribution in [0.2, 0.25) is 0 Å². The Kier molecular flexibility index (Phi) is 4.19. The van der Waals surface area contributed by atoms with Gasteiger partial charge in [0.15, 0.2) is 0 Å². The van der Waals surface area contributed by atoms with Gasteiger partial charge in [0.25, 0.3) is 16.3 Å². The number of rotatable bonds is 3. The first-order valence-corrected chi connectivity index (χ1v) is 5.00. The summed E-state index contributed by atoms with van der Waals surface area (Å²) < 4.78 is 34.5. The predicted molar refractivity (Wildman–Crippen MR) is 38.9 cm³/mol. The summed E-state index contributed by atoms with van der Waals surface area (Å²) in [5.41, 5.74) is 0. The van der Waals surface area contributed by atoms with Gasteiger partial charge in [-0.1, -0.05) is 6.92 Å². The van der Waals surface area contributed by atoms with Crippen LogP contribution in [0.15, 0.2) is 0 Å². The molecule has 0 atom stereocenters. The molecule has 0 saturated heterocycles. The highest BCUT2D eigenvalue weighted by atomic mass is 32.3. The SMILES string of the molecule is CCSCC(=O)S(F)(F)F. The maximum Gasteiger partial charge on any atom is 0.272 e. The molecule has 62 valence electrons. The number of carbonyl (C=O) groups excluding carboxylic acids is 1. The van der Waals surface area contributed by atoms with Crippen molar-refractivity contribution in [2.45, 2.75) is 6.92 Å². The van der Waals surface area contributed by atoms with Crippen molar-refractivity contribution in [3.63, 3.8) is 0 Å². The largest absolute Gasteiger partial charge is 0.280 e. The van der Waals surface area contributed by atoms with Crippen molar-refractivity contribution in [2.24, 2.45) is 0 Å². The maximum absolute atomic E-state index is 11.5. The fourth-order valence-electron chi connectivity index (χ4n) is 0.252. The average molecular weight is 192 g/mol. The second-order valence-electron chi connectivity index (χ2n) is 1.42. The fourth-order valence-corrected chi connectivity index (χ4v) is 1.41. The van der Waals surface area contributed by atoms with Crippen molar-refractivity contribution in [3.8, 4) is 0 Å². The first-order chi connectivity index (χ1) is 4.48. The lowest BCUT2D eigenvalue weighted by Gasteiger charge is -2.05. The molecule has 0 unspecified atom stereocenters. The van der Waals surface area contributed by atoms with Gasteiger partial charge >= 0.3 is 0 Å². The quantitative estimate of drug-likeness (QED) is 0.684. The molecule has 0 spiro atoms. The molecule has 0 aliphatic carbocycles. The van der Waals surface area contributed by atoms with Crippen molar-refractivity contribution in [2.75, 3.05) is 11.5 Å². The zero-order valence-corrected chi connectivity index (χ0v) is 6.91. The Morgan fingerprint density at radius 1 is 1.50 bits per heavy atom. The number of hydrogen-bond donors (Lipinski definition) is 0. The second kappa shape index (κ2) is 4.12. The van der Waals surface area contributed by atoms with Gasteiger partial charge in [-0.05, 0) is 5.75 Å². The van der Waals surface area contributed by atoms with Gasteiger partial charge < -0.3 is 0 Å². The Hall–Kier alpha value is 0.160. The van der Waals surface area contributed by atoms with E-state index in [-0.39, 0.29) is 0 Å². The van der Waals surface area contributed by atoms with E-state index in [0.29, 0.717) is 5.75 Å². The lowest BCUT2D eigenvalue weighted by Crippen LogP contribution is -2.02. The molecular weight excluding hydrogens is 185 g/mol. The minimum absolute atomic E-state index is 0.421. The first kappa shape index (κ1) is 10.2. The summed E-state index contributed by atoms with van der Waals surface area (Å²) in [6.45, 7) is 1.71. The van der Waals surface area contributed by atoms with Crippen LogP contribution in [-0.4, -0.2) is 16.6 Å². The van der Waals surface area contributed by atoms with Gasteiger partial charge in [0.05, 0.1) is 5.75 Å². The van der Waals surface area contributed by atoms with E-state index in [9.17, 15) is 16.5 Å². The van der Waals surface area contributed by atoms with Crippen molar-refractivity contribution >= 4 is 28.1 Å². The van der Waals surface area contributed by atoms with Crippen LogP contribution in [0.25, 0.3) is 0 Å². The minimum Gasteiger partial charge on any atom is -0.280 e. The Morgan fingerprint density at radius 3 is 2.30 bits per heavy atom. The maximum atomic E-state index is 11.5. The lowest BCUT2D eigenvalue weighted by molar-refractivity contribution is -0.110. The summed E-state index contributed by atoms with van der Waals surface area (Å²) in [7, 11) is 0. The highest BCUT2D eigenvalue weighted by molar-refractivity contribution is 8.34. The normalized spacial score (nSPS) is 13.2. The van der Waals surface area contributed by atoms with Crippen LogP contribution in [0, 0.1) is 0 Å². The second-order valence-corrected chi connectivity index (χ2v) is 3.96. The van der Waals surface area contributed by atoms with E-state index >= 15 is 0 Å². The monoisotopic (exact) mass is 192 g/mol. The summed E-state index contributed by atoms with van der Waals surface area (Å²) in [6, 6.07) is 0. The van der Waals surface area contributed by atoms with Crippen molar-refractivity contribution < 1.29 is 16.5 Å². The summed E-state index contributed by atoms with van der Waals surface area (Å²) in [5.74, 6) is 0.122. The number of carbonyl (C=O) groups is 1. The van der Waals surface area contributed by atoms with Crippen LogP contribution >= 0.6 is 22.9 Å². The molecule has 6 heteroatoms. The zero-order chi connectivity index (χ0) is 8.20. The Labute approximate surface area is 63.6 Å². The minimum atomic E-state index is -5.43. The molecule has 0 aliphatic rings. The topological polar surface area (TPSA) is 17.1 Å².